The van der Waals surface area contributed by atoms with E-state index in [0.29, 0.717) is 23.0 Å². The SMILES string of the molecule is CCn1cc(C(C)=O)c2cccc(C(=O)O)c21. The maximum absolute atomic E-state index is 11.5. The summed E-state index contributed by atoms with van der Waals surface area (Å²) in [5, 5.41) is 9.86. The topological polar surface area (TPSA) is 59.3 Å². The number of ketones is 1. The standard InChI is InChI=1S/C13H13NO3/c1-3-14-7-11(8(2)15)9-5-4-6-10(12(9)14)13(16)17/h4-7H,3H2,1-2H3,(H,16,17). The van der Waals surface area contributed by atoms with E-state index in [9.17, 15) is 9.59 Å². The number of hydrogen-bond donors (Lipinski definition) is 1. The van der Waals surface area contributed by atoms with Gasteiger partial charge in [-0.15, -0.1) is 0 Å². The fourth-order valence-electron chi connectivity index (χ4n) is 2.06. The molecule has 0 radical (unpaired) electrons. The third-order valence-corrected chi connectivity index (χ3v) is 2.85. The van der Waals surface area contributed by atoms with Gasteiger partial charge in [0.25, 0.3) is 0 Å². The number of hydrogen-bond acceptors (Lipinski definition) is 2. The highest BCUT2D eigenvalue weighted by Crippen LogP contribution is 2.25. The molecule has 0 saturated heterocycles. The van der Waals surface area contributed by atoms with Crippen LogP contribution in [-0.4, -0.2) is 21.4 Å². The highest BCUT2D eigenvalue weighted by atomic mass is 16.4. The van der Waals surface area contributed by atoms with Gasteiger partial charge in [0, 0.05) is 23.7 Å². The van der Waals surface area contributed by atoms with Crippen molar-refractivity contribution in [2.24, 2.45) is 0 Å². The summed E-state index contributed by atoms with van der Waals surface area (Å²) < 4.78 is 1.80. The molecule has 0 aliphatic rings. The molecule has 4 nitrogen and oxygen atoms in total. The molecule has 2 aromatic rings. The third-order valence-electron chi connectivity index (χ3n) is 2.85. The molecule has 0 unspecified atom stereocenters. The molecule has 0 atom stereocenters. The van der Waals surface area contributed by atoms with Crippen molar-refractivity contribution in [3.63, 3.8) is 0 Å². The Kier molecular flexibility index (Phi) is 2.71. The number of fused-ring (bicyclic) bond motifs is 1. The normalized spacial score (nSPS) is 10.7. The van der Waals surface area contributed by atoms with Crippen LogP contribution in [0.15, 0.2) is 24.4 Å². The number of carbonyl (C=O) groups excluding carboxylic acids is 1. The lowest BCUT2D eigenvalue weighted by molar-refractivity contribution is 0.0698. The minimum atomic E-state index is -0.974. The molecule has 1 aromatic heterocycles. The van der Waals surface area contributed by atoms with Crippen molar-refractivity contribution < 1.29 is 14.7 Å². The molecule has 0 fully saturated rings. The van der Waals surface area contributed by atoms with Crippen LogP contribution >= 0.6 is 0 Å². The Labute approximate surface area is 98.5 Å². The van der Waals surface area contributed by atoms with Crippen LogP contribution in [0.2, 0.25) is 0 Å². The van der Waals surface area contributed by atoms with Crippen molar-refractivity contribution in [2.75, 3.05) is 0 Å². The molecule has 0 aliphatic carbocycles. The lowest BCUT2D eigenvalue weighted by atomic mass is 10.1. The first-order chi connectivity index (χ1) is 8.06. The van der Waals surface area contributed by atoms with Crippen LogP contribution in [0.5, 0.6) is 0 Å². The number of aryl methyl sites for hydroxylation is 1. The number of rotatable bonds is 3. The summed E-state index contributed by atoms with van der Waals surface area (Å²) >= 11 is 0. The van der Waals surface area contributed by atoms with Crippen molar-refractivity contribution in [1.82, 2.24) is 4.57 Å². The maximum atomic E-state index is 11.5. The first-order valence-electron chi connectivity index (χ1n) is 5.42. The summed E-state index contributed by atoms with van der Waals surface area (Å²) in [5.41, 5.74) is 1.43. The summed E-state index contributed by atoms with van der Waals surface area (Å²) in [6.07, 6.45) is 1.72. The molecule has 1 aromatic carbocycles. The van der Waals surface area contributed by atoms with Crippen LogP contribution < -0.4 is 0 Å². The lowest BCUT2D eigenvalue weighted by Crippen LogP contribution is -2.01. The van der Waals surface area contributed by atoms with Crippen LogP contribution in [0, 0.1) is 0 Å². The highest BCUT2D eigenvalue weighted by Gasteiger charge is 2.17. The second-order valence-electron chi connectivity index (χ2n) is 3.89. The number of carbonyl (C=O) groups is 2. The van der Waals surface area contributed by atoms with Gasteiger partial charge in [-0.3, -0.25) is 4.79 Å². The van der Waals surface area contributed by atoms with Crippen LogP contribution in [-0.2, 0) is 6.54 Å². The van der Waals surface area contributed by atoms with E-state index in [4.69, 9.17) is 5.11 Å². The number of benzene rings is 1. The number of aromatic carboxylic acids is 1. The molecule has 0 bridgehead atoms. The average Bonchev–Trinajstić information content (AvgIpc) is 2.67. The third kappa shape index (κ3) is 1.71. The zero-order valence-corrected chi connectivity index (χ0v) is 9.73. The van der Waals surface area contributed by atoms with E-state index in [0.717, 1.165) is 0 Å². The highest BCUT2D eigenvalue weighted by molar-refractivity contribution is 6.11. The van der Waals surface area contributed by atoms with Gasteiger partial charge in [-0.1, -0.05) is 12.1 Å². The second-order valence-corrected chi connectivity index (χ2v) is 3.89. The van der Waals surface area contributed by atoms with Gasteiger partial charge in [0.05, 0.1) is 11.1 Å². The smallest absolute Gasteiger partial charge is 0.337 e. The molecule has 1 N–H and O–H groups in total. The minimum Gasteiger partial charge on any atom is -0.478 e. The fraction of sp³-hybridized carbons (Fsp3) is 0.231. The first-order valence-corrected chi connectivity index (χ1v) is 5.42. The summed E-state index contributed by atoms with van der Waals surface area (Å²) in [6.45, 7) is 4.04. The molecule has 17 heavy (non-hydrogen) atoms. The van der Waals surface area contributed by atoms with E-state index in [1.54, 1.807) is 29.0 Å². The molecule has 2 rings (SSSR count). The van der Waals surface area contributed by atoms with E-state index in [2.05, 4.69) is 0 Å². The summed E-state index contributed by atoms with van der Waals surface area (Å²) in [6, 6.07) is 5.00. The molecule has 1 heterocycles. The Morgan fingerprint density at radius 3 is 2.53 bits per heavy atom. The Morgan fingerprint density at radius 2 is 2.00 bits per heavy atom. The van der Waals surface area contributed by atoms with Crippen molar-refractivity contribution in [1.29, 1.82) is 0 Å². The average molecular weight is 231 g/mol. The summed E-state index contributed by atoms with van der Waals surface area (Å²) in [5.74, 6) is -1.02. The van der Waals surface area contributed by atoms with Gasteiger partial charge < -0.3 is 9.67 Å². The van der Waals surface area contributed by atoms with Crippen molar-refractivity contribution in [3.8, 4) is 0 Å². The summed E-state index contributed by atoms with van der Waals surface area (Å²) in [4.78, 5) is 22.7. The van der Waals surface area contributed by atoms with Gasteiger partial charge >= 0.3 is 5.97 Å². The second kappa shape index (κ2) is 4.05. The molecular formula is C13H13NO3. The number of Topliss-reactive ketones (excluding diaryl/α,β-unsaturated/α-hetero) is 1. The summed E-state index contributed by atoms with van der Waals surface area (Å²) in [7, 11) is 0. The Bertz CT molecular complexity index is 610. The van der Waals surface area contributed by atoms with Gasteiger partial charge in [0.2, 0.25) is 0 Å². The lowest BCUT2D eigenvalue weighted by Gasteiger charge is -2.03. The predicted molar refractivity (Wildman–Crippen MR) is 64.6 cm³/mol. The van der Waals surface area contributed by atoms with Gasteiger partial charge in [-0.05, 0) is 19.9 Å². The Hall–Kier alpha value is -2.10. The zero-order chi connectivity index (χ0) is 12.6. The monoisotopic (exact) mass is 231 g/mol. The van der Waals surface area contributed by atoms with E-state index in [-0.39, 0.29) is 11.3 Å². The fourth-order valence-corrected chi connectivity index (χ4v) is 2.06. The molecule has 0 saturated carbocycles. The molecular weight excluding hydrogens is 218 g/mol. The molecule has 4 heteroatoms. The van der Waals surface area contributed by atoms with E-state index >= 15 is 0 Å². The number of nitrogens with zero attached hydrogens (tertiary/aromatic N) is 1. The Morgan fingerprint density at radius 1 is 1.29 bits per heavy atom. The molecule has 0 spiro atoms. The molecule has 88 valence electrons. The van der Waals surface area contributed by atoms with Gasteiger partial charge in [0.15, 0.2) is 5.78 Å². The maximum Gasteiger partial charge on any atom is 0.337 e. The molecule has 0 aliphatic heterocycles. The van der Waals surface area contributed by atoms with Gasteiger partial charge in [-0.2, -0.15) is 0 Å². The zero-order valence-electron chi connectivity index (χ0n) is 9.73. The number of para-hydroxylation sites is 1. The van der Waals surface area contributed by atoms with E-state index in [1.807, 2.05) is 6.92 Å². The minimum absolute atomic E-state index is 0.0512. The van der Waals surface area contributed by atoms with E-state index in [1.165, 1.54) is 6.92 Å². The van der Waals surface area contributed by atoms with Crippen LogP contribution in [0.25, 0.3) is 10.9 Å². The molecule has 0 amide bonds. The van der Waals surface area contributed by atoms with Crippen molar-refractivity contribution >= 4 is 22.7 Å². The van der Waals surface area contributed by atoms with Crippen LogP contribution in [0.3, 0.4) is 0 Å². The Balaban J connectivity index is 2.89. The quantitative estimate of drug-likeness (QED) is 0.826. The number of carboxylic acids is 1. The van der Waals surface area contributed by atoms with Crippen molar-refractivity contribution in [3.05, 3.63) is 35.5 Å². The number of aromatic nitrogens is 1. The van der Waals surface area contributed by atoms with E-state index < -0.39 is 5.97 Å². The largest absolute Gasteiger partial charge is 0.478 e. The van der Waals surface area contributed by atoms with Crippen LogP contribution in [0.4, 0.5) is 0 Å². The van der Waals surface area contributed by atoms with Gasteiger partial charge in [0.1, 0.15) is 0 Å². The first kappa shape index (κ1) is 11.4. The van der Waals surface area contributed by atoms with Crippen LogP contribution in [0.1, 0.15) is 34.6 Å². The van der Waals surface area contributed by atoms with Gasteiger partial charge in [-0.25, -0.2) is 4.79 Å². The number of carboxylic acid groups (broad SMARTS) is 1. The predicted octanol–water partition coefficient (Wildman–Crippen LogP) is 2.56. The van der Waals surface area contributed by atoms with Crippen molar-refractivity contribution in [2.45, 2.75) is 20.4 Å².